The Hall–Kier alpha value is -4.38. The van der Waals surface area contributed by atoms with Crippen LogP contribution in [-0.4, -0.2) is 66.3 Å². The van der Waals surface area contributed by atoms with Crippen molar-refractivity contribution in [2.24, 2.45) is 0 Å². The van der Waals surface area contributed by atoms with Crippen LogP contribution in [0.15, 0.2) is 54.9 Å². The molecule has 0 radical (unpaired) electrons. The monoisotopic (exact) mass is 511 g/mol. The number of nitrogens with one attached hydrogen (secondary N) is 2. The van der Waals surface area contributed by atoms with Crippen LogP contribution in [0.1, 0.15) is 45.4 Å². The molecule has 11 nitrogen and oxygen atoms in total. The fraction of sp³-hybridized carbons (Fsp3) is 0.333. The lowest BCUT2D eigenvalue weighted by atomic mass is 10.0. The van der Waals surface area contributed by atoms with Crippen molar-refractivity contribution in [3.8, 4) is 0 Å². The average molecular weight is 512 g/mol. The molecule has 1 atom stereocenters. The Kier molecular flexibility index (Phi) is 6.42. The predicted octanol–water partition coefficient (Wildman–Crippen LogP) is 1.71. The number of amides is 2. The highest BCUT2D eigenvalue weighted by Crippen LogP contribution is 2.28. The van der Waals surface area contributed by atoms with E-state index in [9.17, 15) is 9.59 Å². The van der Waals surface area contributed by atoms with Crippen LogP contribution >= 0.6 is 0 Å². The number of hydrogen-bond acceptors (Lipinski definition) is 7. The fourth-order valence-corrected chi connectivity index (χ4v) is 5.13. The first-order chi connectivity index (χ1) is 18.5. The van der Waals surface area contributed by atoms with Crippen molar-refractivity contribution in [2.45, 2.75) is 44.9 Å². The lowest BCUT2D eigenvalue weighted by Gasteiger charge is -2.27. The summed E-state index contributed by atoms with van der Waals surface area (Å²) in [4.78, 5) is 38.9. The van der Waals surface area contributed by atoms with Gasteiger partial charge in [-0.2, -0.15) is 5.10 Å². The molecule has 1 unspecified atom stereocenters. The molecule has 2 aromatic carbocycles. The Labute approximate surface area is 219 Å². The van der Waals surface area contributed by atoms with Crippen LogP contribution in [0.25, 0.3) is 0 Å². The molecule has 194 valence electrons. The highest BCUT2D eigenvalue weighted by Gasteiger charge is 2.31. The first-order valence-corrected chi connectivity index (χ1v) is 12.8. The van der Waals surface area contributed by atoms with Crippen molar-refractivity contribution >= 4 is 17.5 Å². The Balaban J connectivity index is 1.11. The van der Waals surface area contributed by atoms with Gasteiger partial charge in [0.05, 0.1) is 13.1 Å². The number of H-pyrrole nitrogens is 1. The highest BCUT2D eigenvalue weighted by molar-refractivity contribution is 6.02. The van der Waals surface area contributed by atoms with E-state index in [2.05, 4.69) is 53.7 Å². The second-order valence-electron chi connectivity index (χ2n) is 9.80. The maximum atomic E-state index is 13.4. The van der Waals surface area contributed by atoms with Gasteiger partial charge in [-0.05, 0) is 35.6 Å². The number of benzene rings is 2. The van der Waals surface area contributed by atoms with Gasteiger partial charge in [0.25, 0.3) is 5.91 Å². The fourth-order valence-electron chi connectivity index (χ4n) is 5.13. The van der Waals surface area contributed by atoms with E-state index in [4.69, 9.17) is 0 Å². The summed E-state index contributed by atoms with van der Waals surface area (Å²) in [5.74, 6) is 0.986. The van der Waals surface area contributed by atoms with E-state index in [1.807, 2.05) is 35.0 Å². The van der Waals surface area contributed by atoms with Crippen LogP contribution in [-0.2, 0) is 37.3 Å². The van der Waals surface area contributed by atoms with Gasteiger partial charge in [0.2, 0.25) is 11.7 Å². The molecular weight excluding hydrogens is 482 g/mol. The van der Waals surface area contributed by atoms with Crippen LogP contribution in [0, 0.1) is 0 Å². The second-order valence-corrected chi connectivity index (χ2v) is 9.80. The van der Waals surface area contributed by atoms with Crippen molar-refractivity contribution in [1.29, 1.82) is 0 Å². The van der Waals surface area contributed by atoms with E-state index in [1.165, 1.54) is 0 Å². The van der Waals surface area contributed by atoms with Crippen LogP contribution in [0.2, 0.25) is 0 Å². The topological polar surface area (TPSA) is 125 Å². The van der Waals surface area contributed by atoms with E-state index in [-0.39, 0.29) is 11.7 Å². The smallest absolute Gasteiger partial charge is 0.291 e. The van der Waals surface area contributed by atoms with Gasteiger partial charge in [0, 0.05) is 32.2 Å². The first kappa shape index (κ1) is 24.0. The number of likely N-dealkylation sites (N-methyl/N-ethyl adjacent to an activating group) is 1. The summed E-state index contributed by atoms with van der Waals surface area (Å²) in [6.45, 7) is 3.22. The molecule has 2 N–H and O–H groups in total. The minimum absolute atomic E-state index is 0.0350. The molecule has 4 heterocycles. The summed E-state index contributed by atoms with van der Waals surface area (Å²) in [5.41, 5.74) is 4.16. The summed E-state index contributed by atoms with van der Waals surface area (Å²) >= 11 is 0. The van der Waals surface area contributed by atoms with Gasteiger partial charge < -0.3 is 10.2 Å². The van der Waals surface area contributed by atoms with E-state index in [1.54, 1.807) is 18.3 Å². The molecule has 4 aromatic rings. The van der Waals surface area contributed by atoms with Crippen LogP contribution in [0.5, 0.6) is 0 Å². The van der Waals surface area contributed by atoms with Gasteiger partial charge in [-0.3, -0.25) is 19.6 Å². The number of carbonyl (C=O) groups excluding carboxylic acids is 2. The number of carbonyl (C=O) groups is 2. The number of fused-ring (bicyclic) bond motifs is 2. The zero-order chi connectivity index (χ0) is 26.1. The van der Waals surface area contributed by atoms with Crippen molar-refractivity contribution in [3.63, 3.8) is 0 Å². The maximum Gasteiger partial charge on any atom is 0.291 e. The third-order valence-corrected chi connectivity index (χ3v) is 7.19. The molecule has 11 heteroatoms. The lowest BCUT2D eigenvalue weighted by Crippen LogP contribution is -2.47. The van der Waals surface area contributed by atoms with Crippen LogP contribution in [0.4, 0.5) is 5.69 Å². The molecule has 0 saturated heterocycles. The molecule has 2 aliphatic rings. The minimum Gasteiger partial charge on any atom is -0.337 e. The van der Waals surface area contributed by atoms with Gasteiger partial charge in [0.15, 0.2) is 0 Å². The third-order valence-electron chi connectivity index (χ3n) is 7.19. The molecule has 0 saturated carbocycles. The molecule has 6 rings (SSSR count). The minimum atomic E-state index is -0.659. The number of aryl methyl sites for hydroxylation is 1. The standard InChI is InChI=1S/C27H29N9O2/c1-34-22-13-19(15-35-11-12-36-24(16-35)28-17-29-36)7-8-20(22)9-10-21(27(34)38)30-26(37)25-31-23(32-33-25)14-18-5-3-2-4-6-18/h2-8,13,17,21H,9-12,14-16H2,1H3,(H,30,37)(H,31,32,33). The summed E-state index contributed by atoms with van der Waals surface area (Å²) < 4.78 is 1.94. The number of aromatic amines is 1. The molecule has 0 bridgehead atoms. The highest BCUT2D eigenvalue weighted by atomic mass is 16.2. The summed E-state index contributed by atoms with van der Waals surface area (Å²) in [5, 5.41) is 14.0. The van der Waals surface area contributed by atoms with Crippen molar-refractivity contribution in [2.75, 3.05) is 18.5 Å². The van der Waals surface area contributed by atoms with Crippen molar-refractivity contribution < 1.29 is 9.59 Å². The summed E-state index contributed by atoms with van der Waals surface area (Å²) in [6, 6.07) is 15.5. The third kappa shape index (κ3) is 4.92. The molecule has 38 heavy (non-hydrogen) atoms. The van der Waals surface area contributed by atoms with Gasteiger partial charge in [-0.1, -0.05) is 42.5 Å². The summed E-state index contributed by atoms with van der Waals surface area (Å²) in [6.07, 6.45) is 3.32. The molecule has 2 amide bonds. The van der Waals surface area contributed by atoms with Crippen molar-refractivity contribution in [3.05, 3.63) is 89.0 Å². The van der Waals surface area contributed by atoms with E-state index < -0.39 is 11.9 Å². The lowest BCUT2D eigenvalue weighted by molar-refractivity contribution is -0.120. The van der Waals surface area contributed by atoms with Gasteiger partial charge in [-0.25, -0.2) is 14.6 Å². The number of aromatic nitrogens is 6. The molecular formula is C27H29N9O2. The SMILES string of the molecule is CN1C(=O)C(NC(=O)c2n[nH]c(Cc3ccccc3)n2)CCc2ccc(CN3CCn4ncnc4C3)cc21. The molecule has 0 aliphatic carbocycles. The summed E-state index contributed by atoms with van der Waals surface area (Å²) in [7, 11) is 1.77. The zero-order valence-corrected chi connectivity index (χ0v) is 21.2. The quantitative estimate of drug-likeness (QED) is 0.404. The second kappa shape index (κ2) is 10.2. The normalized spacial score (nSPS) is 17.6. The maximum absolute atomic E-state index is 13.4. The largest absolute Gasteiger partial charge is 0.337 e. The van der Waals surface area contributed by atoms with Crippen LogP contribution < -0.4 is 10.2 Å². The molecule has 2 aliphatic heterocycles. The first-order valence-electron chi connectivity index (χ1n) is 12.8. The predicted molar refractivity (Wildman–Crippen MR) is 139 cm³/mol. The Morgan fingerprint density at radius 2 is 2.00 bits per heavy atom. The number of nitrogens with zero attached hydrogens (tertiary/aromatic N) is 7. The van der Waals surface area contributed by atoms with E-state index in [0.717, 1.165) is 54.4 Å². The zero-order valence-electron chi connectivity index (χ0n) is 21.2. The van der Waals surface area contributed by atoms with E-state index in [0.29, 0.717) is 25.1 Å². The van der Waals surface area contributed by atoms with Gasteiger partial charge >= 0.3 is 0 Å². The van der Waals surface area contributed by atoms with Gasteiger partial charge in [-0.15, -0.1) is 5.10 Å². The van der Waals surface area contributed by atoms with Crippen molar-refractivity contribution in [1.82, 2.24) is 40.2 Å². The molecule has 0 fully saturated rings. The Morgan fingerprint density at radius 1 is 1.13 bits per heavy atom. The molecule has 2 aromatic heterocycles. The molecule has 0 spiro atoms. The van der Waals surface area contributed by atoms with Gasteiger partial charge in [0.1, 0.15) is 24.0 Å². The number of rotatable bonds is 6. The Bertz CT molecular complexity index is 1460. The van der Waals surface area contributed by atoms with Crippen LogP contribution in [0.3, 0.4) is 0 Å². The number of anilines is 1. The van der Waals surface area contributed by atoms with E-state index >= 15 is 0 Å². The number of hydrogen-bond donors (Lipinski definition) is 2. The Morgan fingerprint density at radius 3 is 2.87 bits per heavy atom. The average Bonchev–Trinajstić information content (AvgIpc) is 3.58.